The largest absolute Gasteiger partial charge is 0.465 e. The summed E-state index contributed by atoms with van der Waals surface area (Å²) < 4.78 is 31.0. The van der Waals surface area contributed by atoms with Crippen LogP contribution >= 0.6 is 0 Å². The third-order valence-corrected chi connectivity index (χ3v) is 10.9. The molecule has 0 unspecified atom stereocenters. The number of carbonyl (C=O) groups is 5. The van der Waals surface area contributed by atoms with E-state index in [0.29, 0.717) is 28.9 Å². The highest BCUT2D eigenvalue weighted by Crippen LogP contribution is 2.36. The molecule has 7 aromatic rings. The number of methoxy groups -OCH3 is 4. The molecule has 1 aliphatic heterocycles. The summed E-state index contributed by atoms with van der Waals surface area (Å²) in [4.78, 5) is 79.3. The van der Waals surface area contributed by atoms with E-state index in [1.807, 2.05) is 93.6 Å². The fourth-order valence-corrected chi connectivity index (χ4v) is 6.98. The quantitative estimate of drug-likeness (QED) is 0.0357. The smallest absolute Gasteiger partial charge is 0.338 e. The Balaban J connectivity index is 0.000000187. The van der Waals surface area contributed by atoms with Gasteiger partial charge in [-0.05, 0) is 123 Å². The molecule has 386 valence electrons. The minimum Gasteiger partial charge on any atom is -0.465 e. The minimum absolute atomic E-state index is 0.0101. The molecular weight excluding hydrogens is 972 g/mol. The highest BCUT2D eigenvalue weighted by molar-refractivity contribution is 6.08. The molecule has 0 spiro atoms. The van der Waals surface area contributed by atoms with Gasteiger partial charge in [0.2, 0.25) is 11.7 Å². The van der Waals surface area contributed by atoms with Gasteiger partial charge in [0.05, 0.1) is 84.0 Å². The predicted octanol–water partition coefficient (Wildman–Crippen LogP) is 11.1. The zero-order chi connectivity index (χ0) is 54.9. The lowest BCUT2D eigenvalue weighted by Crippen LogP contribution is -2.20. The summed E-state index contributed by atoms with van der Waals surface area (Å²) in [5, 5.41) is 27.6. The van der Waals surface area contributed by atoms with Crippen molar-refractivity contribution in [1.29, 1.82) is 0 Å². The zero-order valence-corrected chi connectivity index (χ0v) is 41.7. The molecule has 8 rings (SSSR count). The number of esters is 4. The molecule has 19 nitrogen and oxygen atoms in total. The van der Waals surface area contributed by atoms with Crippen molar-refractivity contribution < 1.29 is 57.2 Å². The average molecular weight is 1020 g/mol. The Kier molecular flexibility index (Phi) is 19.3. The van der Waals surface area contributed by atoms with Crippen LogP contribution in [0.5, 0.6) is 0 Å². The van der Waals surface area contributed by atoms with Crippen molar-refractivity contribution in [2.75, 3.05) is 49.7 Å². The van der Waals surface area contributed by atoms with Crippen molar-refractivity contribution in [3.05, 3.63) is 216 Å². The maximum atomic E-state index is 12.8. The van der Waals surface area contributed by atoms with E-state index < -0.39 is 39.3 Å². The summed E-state index contributed by atoms with van der Waals surface area (Å²) in [6.07, 6.45) is 0.300. The summed E-state index contributed by atoms with van der Waals surface area (Å²) in [7, 11) is 5.06. The number of amides is 1. The van der Waals surface area contributed by atoms with Crippen LogP contribution in [-0.4, -0.2) is 68.1 Å². The lowest BCUT2D eigenvalue weighted by molar-refractivity contribution is -0.387. The van der Waals surface area contributed by atoms with Crippen LogP contribution in [0.2, 0.25) is 0 Å². The Morgan fingerprint density at radius 2 is 0.920 bits per heavy atom. The number of benzene rings is 7. The van der Waals surface area contributed by atoms with Gasteiger partial charge >= 0.3 is 29.6 Å². The topological polar surface area (TPSA) is 262 Å². The van der Waals surface area contributed by atoms with Gasteiger partial charge in [-0.25, -0.2) is 19.2 Å². The number of nitrogens with zero attached hydrogens (tertiary/aromatic N) is 3. The van der Waals surface area contributed by atoms with E-state index in [2.05, 4.69) is 24.8 Å². The van der Waals surface area contributed by atoms with Gasteiger partial charge in [0.15, 0.2) is 0 Å². The Morgan fingerprint density at radius 3 is 1.37 bits per heavy atom. The van der Waals surface area contributed by atoms with Gasteiger partial charge in [-0.2, -0.15) is 4.39 Å². The summed E-state index contributed by atoms with van der Waals surface area (Å²) in [6.45, 7) is 5.99. The first kappa shape index (κ1) is 55.9. The molecule has 0 aliphatic carbocycles. The molecule has 0 aromatic heterocycles. The van der Waals surface area contributed by atoms with E-state index in [0.717, 1.165) is 70.4 Å². The van der Waals surface area contributed by atoms with E-state index in [9.17, 15) is 48.6 Å². The molecule has 0 radical (unpaired) electrons. The number of ether oxygens (including phenoxy) is 4. The Morgan fingerprint density at radius 1 is 0.533 bits per heavy atom. The van der Waals surface area contributed by atoms with Crippen LogP contribution < -0.4 is 21.3 Å². The number of hydrogen-bond donors (Lipinski definition) is 3. The van der Waals surface area contributed by atoms with Crippen LogP contribution in [0.25, 0.3) is 0 Å². The Hall–Kier alpha value is -9.98. The van der Waals surface area contributed by atoms with E-state index in [1.165, 1.54) is 45.1 Å². The van der Waals surface area contributed by atoms with Gasteiger partial charge in [-0.3, -0.25) is 29.9 Å². The molecule has 0 saturated heterocycles. The second-order valence-electron chi connectivity index (χ2n) is 16.2. The molecule has 1 amide bonds. The van der Waals surface area contributed by atoms with Crippen LogP contribution in [0.1, 0.15) is 63.7 Å². The normalized spacial score (nSPS) is 10.8. The Labute approximate surface area is 429 Å². The fraction of sp³-hybridized carbons (Fsp3) is 0.145. The zero-order valence-electron chi connectivity index (χ0n) is 41.7. The van der Waals surface area contributed by atoms with Gasteiger partial charge in [0.1, 0.15) is 5.69 Å². The highest BCUT2D eigenvalue weighted by Gasteiger charge is 2.29. The number of anilines is 7. The first-order valence-corrected chi connectivity index (χ1v) is 22.4. The van der Waals surface area contributed by atoms with Crippen molar-refractivity contribution in [3.8, 4) is 0 Å². The second-order valence-corrected chi connectivity index (χ2v) is 16.2. The number of rotatable bonds is 11. The average Bonchev–Trinajstić information content (AvgIpc) is 3.75. The number of carbonyl (C=O) groups excluding carboxylic acids is 5. The third-order valence-electron chi connectivity index (χ3n) is 10.9. The molecule has 1 aliphatic rings. The van der Waals surface area contributed by atoms with Crippen molar-refractivity contribution >= 4 is 81.0 Å². The van der Waals surface area contributed by atoms with Crippen LogP contribution in [0, 0.1) is 46.8 Å². The first-order chi connectivity index (χ1) is 35.8. The lowest BCUT2D eigenvalue weighted by atomic mass is 10.1. The van der Waals surface area contributed by atoms with Gasteiger partial charge in [0, 0.05) is 29.2 Å². The van der Waals surface area contributed by atoms with Gasteiger partial charge in [0.25, 0.3) is 5.69 Å². The van der Waals surface area contributed by atoms with Crippen LogP contribution in [0.3, 0.4) is 0 Å². The van der Waals surface area contributed by atoms with E-state index in [4.69, 9.17) is 10.5 Å². The molecule has 75 heavy (non-hydrogen) atoms. The lowest BCUT2D eigenvalue weighted by Gasteiger charge is -2.18. The van der Waals surface area contributed by atoms with Crippen molar-refractivity contribution in [3.63, 3.8) is 0 Å². The number of fused-ring (bicyclic) bond motifs is 1. The minimum atomic E-state index is -0.984. The van der Waals surface area contributed by atoms with Crippen LogP contribution in [-0.2, 0) is 30.2 Å². The van der Waals surface area contributed by atoms with Crippen molar-refractivity contribution in [2.24, 2.45) is 0 Å². The molecule has 0 saturated carbocycles. The van der Waals surface area contributed by atoms with Crippen molar-refractivity contribution in [1.82, 2.24) is 0 Å². The number of nitrogens with two attached hydrogens (primary N) is 1. The maximum Gasteiger partial charge on any atom is 0.338 e. The van der Waals surface area contributed by atoms with Crippen LogP contribution in [0.15, 0.2) is 146 Å². The van der Waals surface area contributed by atoms with Gasteiger partial charge < -0.3 is 35.3 Å². The SMILES string of the molecule is COC(=O)c1ccc(F)c([N+](=O)[O-])c1.COC(=O)c1ccc(Nc2ccc(C)cc2)c(N)c1.COC(=O)c1ccc(Nc2ccc(C)cc2)c([N+](=O)[O-])c1.COC(=O)c1ccc2c(c1)CC(=O)N2c1ccc(C)cc1. The van der Waals surface area contributed by atoms with E-state index in [-0.39, 0.29) is 28.7 Å². The first-order valence-electron chi connectivity index (χ1n) is 22.4. The summed E-state index contributed by atoms with van der Waals surface area (Å²) in [6, 6.07) is 40.5. The second kappa shape index (κ2) is 25.9. The summed E-state index contributed by atoms with van der Waals surface area (Å²) in [5.74, 6) is -3.11. The molecule has 20 heteroatoms. The monoisotopic (exact) mass is 1020 g/mol. The molecule has 1 heterocycles. The molecule has 0 atom stereocenters. The van der Waals surface area contributed by atoms with Gasteiger partial charge in [-0.15, -0.1) is 0 Å². The number of nitrogens with one attached hydrogen (secondary N) is 2. The Bertz CT molecular complexity index is 3240. The van der Waals surface area contributed by atoms with Crippen LogP contribution in [0.4, 0.5) is 55.6 Å². The molecule has 0 fully saturated rings. The molecular formula is C55H51FN6O13. The number of halogens is 1. The third kappa shape index (κ3) is 15.0. The maximum absolute atomic E-state index is 12.8. The molecule has 0 bridgehead atoms. The number of nitro benzene ring substituents is 2. The number of nitro groups is 2. The van der Waals surface area contributed by atoms with Gasteiger partial charge in [-0.1, -0.05) is 53.1 Å². The predicted molar refractivity (Wildman–Crippen MR) is 280 cm³/mol. The number of hydrogen-bond acceptors (Lipinski definition) is 16. The standard InChI is InChI=1S/C17H15NO3.C15H14N2O4.C15H16N2O2.C8H6FNO4/c1-11-3-6-14(7-4-11)18-15-8-5-12(17(20)21-2)9-13(15)10-16(18)19;1-10-3-6-12(7-4-10)16-13-8-5-11(15(18)21-2)9-14(13)17(19)20;1-10-3-6-12(7-4-10)17-14-8-5-11(9-13(14)16)15(18)19-2;1-14-8(11)5-2-3-6(9)7(4-5)10(12)13/h3-9H,10H2,1-2H3;3-9,16H,1-2H3;3-9,17H,16H2,1-2H3;2-4H,1H3. The number of nitrogen functional groups attached to an aromatic ring is 1. The van der Waals surface area contributed by atoms with E-state index >= 15 is 0 Å². The molecule has 7 aromatic carbocycles. The van der Waals surface area contributed by atoms with E-state index in [1.54, 1.807) is 41.3 Å². The van der Waals surface area contributed by atoms with Crippen molar-refractivity contribution in [2.45, 2.75) is 27.2 Å². The number of aryl methyl sites for hydroxylation is 3. The molecule has 4 N–H and O–H groups in total. The highest BCUT2D eigenvalue weighted by atomic mass is 19.1. The summed E-state index contributed by atoms with van der Waals surface area (Å²) in [5.41, 5.74) is 15.2. The summed E-state index contributed by atoms with van der Waals surface area (Å²) >= 11 is 0. The fourth-order valence-electron chi connectivity index (χ4n) is 6.98.